The minimum absolute atomic E-state index is 0.287. The van der Waals surface area contributed by atoms with Crippen LogP contribution in [-0.4, -0.2) is 47.5 Å². The number of amides is 3. The van der Waals surface area contributed by atoms with Crippen LogP contribution >= 0.6 is 0 Å². The van der Waals surface area contributed by atoms with Crippen LogP contribution < -0.4 is 10.6 Å². The SMILES string of the molecule is C#Cc1ccccc1C(C(=O)NCCCC)N(CCCCC)C(=O)C(C)NC(=O)OC(C)(C)C. The van der Waals surface area contributed by atoms with Crippen molar-refractivity contribution < 1.29 is 19.1 Å². The minimum Gasteiger partial charge on any atom is -0.444 e. The predicted octanol–water partition coefficient (Wildman–Crippen LogP) is 4.56. The Bertz CT molecular complexity index is 854. The van der Waals surface area contributed by atoms with Gasteiger partial charge in [0.25, 0.3) is 0 Å². The van der Waals surface area contributed by atoms with Crippen LogP contribution in [-0.2, 0) is 14.3 Å². The number of terminal acetylenes is 1. The number of alkyl carbamates (subject to hydrolysis) is 1. The van der Waals surface area contributed by atoms with Gasteiger partial charge in [0.2, 0.25) is 11.8 Å². The highest BCUT2D eigenvalue weighted by Gasteiger charge is 2.35. The first kappa shape index (κ1) is 29.0. The van der Waals surface area contributed by atoms with Crippen molar-refractivity contribution in [3.8, 4) is 12.3 Å². The first-order valence-electron chi connectivity index (χ1n) is 12.2. The van der Waals surface area contributed by atoms with E-state index in [-0.39, 0.29) is 11.8 Å². The van der Waals surface area contributed by atoms with Gasteiger partial charge >= 0.3 is 6.09 Å². The zero-order valence-corrected chi connectivity index (χ0v) is 21.6. The highest BCUT2D eigenvalue weighted by molar-refractivity contribution is 5.92. The fourth-order valence-corrected chi connectivity index (χ4v) is 3.50. The van der Waals surface area contributed by atoms with Gasteiger partial charge in [-0.2, -0.15) is 0 Å². The molecule has 0 spiro atoms. The molecule has 0 aliphatic rings. The van der Waals surface area contributed by atoms with Crippen molar-refractivity contribution in [1.29, 1.82) is 0 Å². The molecule has 0 aliphatic carbocycles. The smallest absolute Gasteiger partial charge is 0.408 e. The molecular formula is C27H41N3O4. The normalized spacial score (nSPS) is 12.7. The van der Waals surface area contributed by atoms with Gasteiger partial charge in [0.15, 0.2) is 0 Å². The second-order valence-electron chi connectivity index (χ2n) is 9.39. The maximum Gasteiger partial charge on any atom is 0.408 e. The van der Waals surface area contributed by atoms with Crippen LogP contribution in [0.1, 0.15) is 90.8 Å². The Morgan fingerprint density at radius 3 is 2.32 bits per heavy atom. The monoisotopic (exact) mass is 471 g/mol. The van der Waals surface area contributed by atoms with Crippen molar-refractivity contribution in [3.05, 3.63) is 35.4 Å². The third-order valence-electron chi connectivity index (χ3n) is 5.19. The lowest BCUT2D eigenvalue weighted by Gasteiger charge is -2.34. The number of nitrogens with one attached hydrogen (secondary N) is 2. The van der Waals surface area contributed by atoms with Gasteiger partial charge in [-0.25, -0.2) is 4.79 Å². The van der Waals surface area contributed by atoms with Crippen molar-refractivity contribution in [2.75, 3.05) is 13.1 Å². The summed E-state index contributed by atoms with van der Waals surface area (Å²) in [5.41, 5.74) is 0.452. The topological polar surface area (TPSA) is 87.7 Å². The average molecular weight is 472 g/mol. The summed E-state index contributed by atoms with van der Waals surface area (Å²) in [5.74, 6) is 1.98. The molecule has 0 aliphatic heterocycles. The maximum atomic E-state index is 13.6. The molecule has 0 aromatic heterocycles. The molecule has 2 atom stereocenters. The molecule has 0 fully saturated rings. The minimum atomic E-state index is -0.906. The number of rotatable bonds is 12. The fourth-order valence-electron chi connectivity index (χ4n) is 3.50. The molecule has 1 aromatic carbocycles. The summed E-state index contributed by atoms with van der Waals surface area (Å²) in [6.07, 6.45) is 9.39. The Labute approximate surface area is 205 Å². The molecule has 0 saturated carbocycles. The van der Waals surface area contributed by atoms with Crippen LogP contribution in [0.3, 0.4) is 0 Å². The van der Waals surface area contributed by atoms with Gasteiger partial charge in [-0.1, -0.05) is 57.2 Å². The number of hydrogen-bond donors (Lipinski definition) is 2. The largest absolute Gasteiger partial charge is 0.444 e. The molecule has 2 N–H and O–H groups in total. The zero-order valence-electron chi connectivity index (χ0n) is 21.6. The maximum absolute atomic E-state index is 13.6. The number of carbonyl (C=O) groups excluding carboxylic acids is 3. The molecule has 7 heteroatoms. The Morgan fingerprint density at radius 2 is 1.74 bits per heavy atom. The molecule has 0 heterocycles. The van der Waals surface area contributed by atoms with Gasteiger partial charge < -0.3 is 20.3 Å². The van der Waals surface area contributed by atoms with E-state index in [1.807, 2.05) is 6.92 Å². The first-order valence-corrected chi connectivity index (χ1v) is 12.2. The quantitative estimate of drug-likeness (QED) is 0.346. The Balaban J connectivity index is 3.34. The fraction of sp³-hybridized carbons (Fsp3) is 0.593. The van der Waals surface area contributed by atoms with Crippen LogP contribution in [0.5, 0.6) is 0 Å². The average Bonchev–Trinajstić information content (AvgIpc) is 2.77. The second kappa shape index (κ2) is 14.3. The molecule has 1 rings (SSSR count). The van der Waals surface area contributed by atoms with E-state index in [9.17, 15) is 14.4 Å². The van der Waals surface area contributed by atoms with E-state index in [0.29, 0.717) is 24.2 Å². The van der Waals surface area contributed by atoms with Gasteiger partial charge in [-0.15, -0.1) is 6.42 Å². The lowest BCUT2D eigenvalue weighted by molar-refractivity contribution is -0.142. The molecule has 1 aromatic rings. The lowest BCUT2D eigenvalue weighted by Crippen LogP contribution is -2.52. The molecule has 0 saturated heterocycles. The van der Waals surface area contributed by atoms with E-state index in [1.165, 1.54) is 4.90 Å². The number of unbranched alkanes of at least 4 members (excludes halogenated alkanes) is 3. The van der Waals surface area contributed by atoms with Gasteiger partial charge in [-0.3, -0.25) is 9.59 Å². The molecule has 3 amide bonds. The van der Waals surface area contributed by atoms with Crippen LogP contribution in [0, 0.1) is 12.3 Å². The second-order valence-corrected chi connectivity index (χ2v) is 9.39. The number of hydrogen-bond acceptors (Lipinski definition) is 4. The molecule has 188 valence electrons. The van der Waals surface area contributed by atoms with Crippen molar-refractivity contribution in [2.24, 2.45) is 0 Å². The van der Waals surface area contributed by atoms with Crippen molar-refractivity contribution in [2.45, 2.75) is 91.3 Å². The van der Waals surface area contributed by atoms with E-state index >= 15 is 0 Å². The van der Waals surface area contributed by atoms with E-state index in [2.05, 4.69) is 23.5 Å². The predicted molar refractivity (Wildman–Crippen MR) is 135 cm³/mol. The molecule has 0 bridgehead atoms. The molecule has 2 unspecified atom stereocenters. The molecule has 7 nitrogen and oxygen atoms in total. The number of ether oxygens (including phenoxy) is 1. The highest BCUT2D eigenvalue weighted by atomic mass is 16.6. The summed E-state index contributed by atoms with van der Waals surface area (Å²) in [7, 11) is 0. The summed E-state index contributed by atoms with van der Waals surface area (Å²) in [4.78, 5) is 40.9. The summed E-state index contributed by atoms with van der Waals surface area (Å²) >= 11 is 0. The molecule has 0 radical (unpaired) electrons. The number of benzene rings is 1. The lowest BCUT2D eigenvalue weighted by atomic mass is 9.97. The molecular weight excluding hydrogens is 430 g/mol. The van der Waals surface area contributed by atoms with Gasteiger partial charge in [0.1, 0.15) is 17.7 Å². The van der Waals surface area contributed by atoms with Crippen LogP contribution in [0.15, 0.2) is 24.3 Å². The Kier molecular flexibility index (Phi) is 12.2. The number of carbonyl (C=O) groups is 3. The molecule has 34 heavy (non-hydrogen) atoms. The van der Waals surface area contributed by atoms with Gasteiger partial charge in [-0.05, 0) is 52.2 Å². The summed E-state index contributed by atoms with van der Waals surface area (Å²) < 4.78 is 5.30. The van der Waals surface area contributed by atoms with Crippen LogP contribution in [0.25, 0.3) is 0 Å². The summed E-state index contributed by atoms with van der Waals surface area (Å²) in [6, 6.07) is 5.36. The number of nitrogens with zero attached hydrogens (tertiary/aromatic N) is 1. The third-order valence-corrected chi connectivity index (χ3v) is 5.19. The van der Waals surface area contributed by atoms with E-state index in [4.69, 9.17) is 11.2 Å². The third kappa shape index (κ3) is 9.46. The van der Waals surface area contributed by atoms with E-state index in [1.54, 1.807) is 52.0 Å². The summed E-state index contributed by atoms with van der Waals surface area (Å²) in [6.45, 7) is 11.8. The van der Waals surface area contributed by atoms with Crippen molar-refractivity contribution in [1.82, 2.24) is 15.5 Å². The van der Waals surface area contributed by atoms with Crippen LogP contribution in [0.4, 0.5) is 4.79 Å². The van der Waals surface area contributed by atoms with Gasteiger partial charge in [0, 0.05) is 18.7 Å². The standard InChI is InChI=1S/C27H41N3O4/c1-8-11-15-19-30(25(32)20(4)29-26(33)34-27(5,6)7)23(24(31)28-18-12-9-2)22-17-14-13-16-21(22)10-3/h3,13-14,16-17,20,23H,8-9,11-12,15,18-19H2,1-2,4-7H3,(H,28,31)(H,29,33). The zero-order chi connectivity index (χ0) is 25.7. The summed E-state index contributed by atoms with van der Waals surface area (Å²) in [5, 5.41) is 5.57. The van der Waals surface area contributed by atoms with Gasteiger partial charge in [0.05, 0.1) is 0 Å². The van der Waals surface area contributed by atoms with Crippen molar-refractivity contribution in [3.63, 3.8) is 0 Å². The first-order chi connectivity index (χ1) is 16.1. The highest BCUT2D eigenvalue weighted by Crippen LogP contribution is 2.26. The van der Waals surface area contributed by atoms with E-state index < -0.39 is 23.8 Å². The Hall–Kier alpha value is -3.01. The van der Waals surface area contributed by atoms with E-state index in [0.717, 1.165) is 32.1 Å². The van der Waals surface area contributed by atoms with Crippen LogP contribution in [0.2, 0.25) is 0 Å². The Morgan fingerprint density at radius 1 is 1.09 bits per heavy atom. The van der Waals surface area contributed by atoms with Crippen molar-refractivity contribution >= 4 is 17.9 Å².